The lowest BCUT2D eigenvalue weighted by molar-refractivity contribution is -0.159. The first-order valence-electron chi connectivity index (χ1n) is 10.7. The van der Waals surface area contributed by atoms with Crippen LogP contribution >= 0.6 is 67.8 Å². The molecule has 0 aromatic heterocycles. The van der Waals surface area contributed by atoms with Crippen molar-refractivity contribution < 1.29 is 33.6 Å². The number of carbonyl (C=O) groups excluding carboxylic acids is 2. The SMILES string of the molecule is CC(C)(CCC(C)(C)C(=O)OCC1CO1)C(=O)OCCC(O)COc1c(I)cc(I)cc1I. The highest BCUT2D eigenvalue weighted by Gasteiger charge is 2.37. The van der Waals surface area contributed by atoms with Crippen LogP contribution in [0.1, 0.15) is 47.0 Å². The number of hydrogen-bond donors (Lipinski definition) is 1. The molecule has 0 saturated carbocycles. The van der Waals surface area contributed by atoms with Crippen molar-refractivity contribution in [2.75, 3.05) is 26.4 Å². The average Bonchev–Trinajstić information content (AvgIpc) is 3.54. The highest BCUT2D eigenvalue weighted by atomic mass is 127. The second-order valence-corrected chi connectivity index (χ2v) is 13.0. The van der Waals surface area contributed by atoms with E-state index in [0.29, 0.717) is 19.4 Å². The summed E-state index contributed by atoms with van der Waals surface area (Å²) in [6.45, 7) is 8.37. The number of epoxide rings is 1. The first kappa shape index (κ1) is 29.3. The van der Waals surface area contributed by atoms with Gasteiger partial charge in [-0.25, -0.2) is 0 Å². The summed E-state index contributed by atoms with van der Waals surface area (Å²) in [7, 11) is 0. The van der Waals surface area contributed by atoms with Gasteiger partial charge in [0.05, 0.1) is 37.3 Å². The molecule has 0 spiro atoms. The number of aliphatic hydroxyl groups excluding tert-OH is 1. The van der Waals surface area contributed by atoms with Crippen LogP contribution in [-0.4, -0.2) is 55.7 Å². The van der Waals surface area contributed by atoms with E-state index in [-0.39, 0.29) is 44.3 Å². The Hall–Kier alpha value is 0.0700. The monoisotopic (exact) mass is 800 g/mol. The van der Waals surface area contributed by atoms with Crippen LogP contribution in [0.15, 0.2) is 12.1 Å². The Kier molecular flexibility index (Phi) is 11.4. The van der Waals surface area contributed by atoms with Crippen LogP contribution in [0.25, 0.3) is 0 Å². The molecule has 2 atom stereocenters. The summed E-state index contributed by atoms with van der Waals surface area (Å²) in [6, 6.07) is 4.02. The highest BCUT2D eigenvalue weighted by molar-refractivity contribution is 14.1. The molecule has 1 aliphatic heterocycles. The Balaban J connectivity index is 1.71. The summed E-state index contributed by atoms with van der Waals surface area (Å²) in [5.41, 5.74) is -1.46. The predicted molar refractivity (Wildman–Crippen MR) is 149 cm³/mol. The number of aliphatic hydroxyl groups is 1. The van der Waals surface area contributed by atoms with Crippen LogP contribution < -0.4 is 4.74 Å². The van der Waals surface area contributed by atoms with Crippen molar-refractivity contribution in [1.29, 1.82) is 0 Å². The molecule has 1 aromatic rings. The van der Waals surface area contributed by atoms with Gasteiger partial charge in [0.25, 0.3) is 0 Å². The van der Waals surface area contributed by atoms with Gasteiger partial charge in [-0.3, -0.25) is 9.59 Å². The standard InChI is InChI=1S/C23H31I3O7/c1-22(2,6-7-23(3,4)21(29)33-13-16-12-31-16)20(28)30-8-5-15(27)11-32-19-17(25)9-14(24)10-18(19)26/h9-10,15-16,27H,5-8,11-13H2,1-4H3. The smallest absolute Gasteiger partial charge is 0.311 e. The van der Waals surface area contributed by atoms with Crippen LogP contribution in [0.4, 0.5) is 0 Å². The van der Waals surface area contributed by atoms with Gasteiger partial charge < -0.3 is 24.1 Å². The molecule has 186 valence electrons. The van der Waals surface area contributed by atoms with Crippen LogP contribution in [0.3, 0.4) is 0 Å². The van der Waals surface area contributed by atoms with E-state index in [2.05, 4.69) is 67.8 Å². The maximum Gasteiger partial charge on any atom is 0.311 e. The van der Waals surface area contributed by atoms with Gasteiger partial charge >= 0.3 is 11.9 Å². The largest absolute Gasteiger partial charge is 0.489 e. The van der Waals surface area contributed by atoms with Gasteiger partial charge in [-0.05, 0) is 120 Å². The minimum absolute atomic E-state index is 0.0285. The minimum atomic E-state index is -0.758. The number of rotatable bonds is 13. The topological polar surface area (TPSA) is 94.6 Å². The van der Waals surface area contributed by atoms with E-state index in [1.807, 2.05) is 26.0 Å². The molecule has 10 heteroatoms. The van der Waals surface area contributed by atoms with E-state index in [1.165, 1.54) is 0 Å². The third kappa shape index (κ3) is 9.92. The number of halogens is 3. The van der Waals surface area contributed by atoms with Crippen molar-refractivity contribution >= 4 is 79.7 Å². The second-order valence-electron chi connectivity index (χ2n) is 9.41. The quantitative estimate of drug-likeness (QED) is 0.172. The fourth-order valence-electron chi connectivity index (χ4n) is 2.77. The van der Waals surface area contributed by atoms with Crippen molar-refractivity contribution in [3.63, 3.8) is 0 Å². The molecular weight excluding hydrogens is 769 g/mol. The van der Waals surface area contributed by atoms with Crippen LogP contribution in [-0.2, 0) is 23.8 Å². The lowest BCUT2D eigenvalue weighted by atomic mass is 9.79. The van der Waals surface area contributed by atoms with Crippen molar-refractivity contribution in [3.05, 3.63) is 22.8 Å². The number of hydrogen-bond acceptors (Lipinski definition) is 7. The molecule has 1 N–H and O–H groups in total. The van der Waals surface area contributed by atoms with Crippen LogP contribution in [0.5, 0.6) is 5.75 Å². The lowest BCUT2D eigenvalue weighted by Gasteiger charge is -2.28. The maximum atomic E-state index is 12.6. The van der Waals surface area contributed by atoms with E-state index in [1.54, 1.807) is 13.8 Å². The highest BCUT2D eigenvalue weighted by Crippen LogP contribution is 2.33. The van der Waals surface area contributed by atoms with E-state index in [4.69, 9.17) is 18.9 Å². The summed E-state index contributed by atoms with van der Waals surface area (Å²) in [5.74, 6) is 0.107. The molecule has 1 aromatic carbocycles. The number of esters is 2. The van der Waals surface area contributed by atoms with Gasteiger partial charge in [0.2, 0.25) is 0 Å². The Morgan fingerprint density at radius 1 is 1.06 bits per heavy atom. The fraction of sp³-hybridized carbons (Fsp3) is 0.652. The molecule has 33 heavy (non-hydrogen) atoms. The molecule has 1 saturated heterocycles. The molecule has 7 nitrogen and oxygen atoms in total. The molecule has 1 heterocycles. The molecule has 2 unspecified atom stereocenters. The van der Waals surface area contributed by atoms with Crippen molar-refractivity contribution in [1.82, 2.24) is 0 Å². The Bertz CT molecular complexity index is 814. The van der Waals surface area contributed by atoms with Crippen molar-refractivity contribution in [2.45, 2.75) is 59.2 Å². The van der Waals surface area contributed by atoms with Gasteiger partial charge in [-0.2, -0.15) is 0 Å². The van der Waals surface area contributed by atoms with Gasteiger partial charge in [-0.15, -0.1) is 0 Å². The van der Waals surface area contributed by atoms with Crippen LogP contribution in [0, 0.1) is 21.5 Å². The Labute approximate surface area is 236 Å². The molecular formula is C23H31I3O7. The zero-order chi connectivity index (χ0) is 24.8. The molecule has 1 aliphatic rings. The number of benzene rings is 1. The van der Waals surface area contributed by atoms with Gasteiger partial charge in [0.15, 0.2) is 0 Å². The normalized spacial score (nSPS) is 16.8. The first-order valence-corrected chi connectivity index (χ1v) is 14.0. The molecule has 0 amide bonds. The minimum Gasteiger partial charge on any atom is -0.489 e. The second kappa shape index (κ2) is 12.9. The fourth-order valence-corrected chi connectivity index (χ4v) is 6.66. The van der Waals surface area contributed by atoms with Crippen molar-refractivity contribution in [3.8, 4) is 5.75 Å². The summed E-state index contributed by atoms with van der Waals surface area (Å²) in [6.07, 6.45) is 0.518. The van der Waals surface area contributed by atoms with E-state index < -0.39 is 16.9 Å². The van der Waals surface area contributed by atoms with Gasteiger partial charge in [-0.1, -0.05) is 0 Å². The van der Waals surface area contributed by atoms with Crippen molar-refractivity contribution in [2.24, 2.45) is 10.8 Å². The molecule has 0 aliphatic carbocycles. The molecule has 1 fully saturated rings. The first-order chi connectivity index (χ1) is 15.3. The zero-order valence-corrected chi connectivity index (χ0v) is 25.8. The number of ether oxygens (including phenoxy) is 4. The lowest BCUT2D eigenvalue weighted by Crippen LogP contribution is -2.33. The third-order valence-corrected chi connectivity index (χ3v) is 7.58. The number of carbonyl (C=O) groups is 2. The summed E-state index contributed by atoms with van der Waals surface area (Å²) in [4.78, 5) is 24.9. The van der Waals surface area contributed by atoms with E-state index >= 15 is 0 Å². The third-order valence-electron chi connectivity index (χ3n) is 5.35. The van der Waals surface area contributed by atoms with E-state index in [0.717, 1.165) is 16.5 Å². The Morgan fingerprint density at radius 2 is 1.58 bits per heavy atom. The average molecular weight is 800 g/mol. The van der Waals surface area contributed by atoms with Gasteiger partial charge in [0, 0.05) is 9.99 Å². The molecule has 0 radical (unpaired) electrons. The molecule has 0 bridgehead atoms. The van der Waals surface area contributed by atoms with Gasteiger partial charge in [0.1, 0.15) is 25.1 Å². The summed E-state index contributed by atoms with van der Waals surface area (Å²) >= 11 is 6.67. The predicted octanol–water partition coefficient (Wildman–Crippen LogP) is 4.95. The molecule has 2 rings (SSSR count). The summed E-state index contributed by atoms with van der Waals surface area (Å²) in [5, 5.41) is 10.2. The van der Waals surface area contributed by atoms with Crippen LogP contribution in [0.2, 0.25) is 0 Å². The zero-order valence-electron chi connectivity index (χ0n) is 19.3. The van der Waals surface area contributed by atoms with E-state index in [9.17, 15) is 14.7 Å². The Morgan fingerprint density at radius 3 is 2.09 bits per heavy atom. The maximum absolute atomic E-state index is 12.6. The summed E-state index contributed by atoms with van der Waals surface area (Å²) < 4.78 is 24.6.